The molecule has 0 fully saturated rings. The van der Waals surface area contributed by atoms with Crippen LogP contribution in [0.5, 0.6) is 0 Å². The molecule has 4 nitrogen and oxygen atoms in total. The Labute approximate surface area is 85.6 Å². The number of alkyl halides is 3. The Kier molecular flexibility index (Phi) is 4.86. The van der Waals surface area contributed by atoms with Crippen molar-refractivity contribution in [1.29, 1.82) is 0 Å². The molecule has 0 unspecified atom stereocenters. The van der Waals surface area contributed by atoms with Crippen molar-refractivity contribution in [1.82, 2.24) is 0 Å². The summed E-state index contributed by atoms with van der Waals surface area (Å²) in [7, 11) is 0.778. The third kappa shape index (κ3) is 4.24. The zero-order valence-electron chi connectivity index (χ0n) is 7.73. The van der Waals surface area contributed by atoms with Crippen LogP contribution in [-0.4, -0.2) is 31.8 Å². The summed E-state index contributed by atoms with van der Waals surface area (Å²) in [6.45, 7) is -1.75. The summed E-state index contributed by atoms with van der Waals surface area (Å²) in [5.41, 5.74) is -2.33. The second kappa shape index (κ2) is 5.42. The van der Waals surface area contributed by atoms with Crippen molar-refractivity contribution in [3.63, 3.8) is 0 Å². The normalized spacial score (nSPS) is 10.6. The van der Waals surface area contributed by atoms with E-state index in [0.29, 0.717) is 0 Å². The summed E-state index contributed by atoms with van der Waals surface area (Å²) >= 11 is 0. The average molecular weight is 248 g/mol. The molecule has 0 radical (unpaired) electrons. The van der Waals surface area contributed by atoms with E-state index in [1.807, 2.05) is 0 Å². The molecule has 9 heteroatoms. The van der Waals surface area contributed by atoms with Gasteiger partial charge in [-0.2, -0.15) is 22.0 Å². The van der Waals surface area contributed by atoms with Gasteiger partial charge in [-0.05, 0) is 0 Å². The van der Waals surface area contributed by atoms with E-state index in [-0.39, 0.29) is 0 Å². The summed E-state index contributed by atoms with van der Waals surface area (Å²) in [5.74, 6) is -3.37. The molecule has 0 aromatic rings. The van der Waals surface area contributed by atoms with Crippen LogP contribution in [0.15, 0.2) is 11.7 Å². The number of carbonyl (C=O) groups excluding carboxylic acids is 2. The minimum Gasteiger partial charge on any atom is -0.461 e. The van der Waals surface area contributed by atoms with Crippen LogP contribution in [0, 0.1) is 0 Å². The standard InChI is InChI=1S/C7H5F5O4/c1-15-5(13)6(14)16-2-3(4(8)9)7(10,11)12/h2H2,1H3. The smallest absolute Gasteiger partial charge is 0.421 e. The highest BCUT2D eigenvalue weighted by Crippen LogP contribution is 2.29. The van der Waals surface area contributed by atoms with Crippen LogP contribution in [0.25, 0.3) is 0 Å². The molecule has 0 N–H and O–H groups in total. The van der Waals surface area contributed by atoms with Gasteiger partial charge in [-0.15, -0.1) is 0 Å². The lowest BCUT2D eigenvalue weighted by Gasteiger charge is -2.10. The largest absolute Gasteiger partial charge is 0.461 e. The summed E-state index contributed by atoms with van der Waals surface area (Å²) in [4.78, 5) is 20.9. The van der Waals surface area contributed by atoms with E-state index in [2.05, 4.69) is 9.47 Å². The van der Waals surface area contributed by atoms with Crippen LogP contribution in [0.2, 0.25) is 0 Å². The maximum Gasteiger partial charge on any atom is 0.421 e. The number of carbonyl (C=O) groups is 2. The molecule has 0 bridgehead atoms. The number of methoxy groups -OCH3 is 1. The van der Waals surface area contributed by atoms with E-state index in [4.69, 9.17) is 0 Å². The lowest BCUT2D eigenvalue weighted by molar-refractivity contribution is -0.167. The zero-order valence-corrected chi connectivity index (χ0v) is 7.73. The van der Waals surface area contributed by atoms with E-state index < -0.39 is 36.4 Å². The van der Waals surface area contributed by atoms with E-state index in [1.54, 1.807) is 0 Å². The van der Waals surface area contributed by atoms with Crippen LogP contribution in [0.3, 0.4) is 0 Å². The lowest BCUT2D eigenvalue weighted by Crippen LogP contribution is -2.24. The second-order valence-corrected chi connectivity index (χ2v) is 2.30. The Bertz CT molecular complexity index is 315. The van der Waals surface area contributed by atoms with E-state index in [0.717, 1.165) is 7.11 Å². The fourth-order valence-electron chi connectivity index (χ4n) is 0.524. The van der Waals surface area contributed by atoms with Gasteiger partial charge in [0.25, 0.3) is 6.08 Å². The average Bonchev–Trinajstić information content (AvgIpc) is 2.13. The Balaban J connectivity index is 4.56. The third-order valence-electron chi connectivity index (χ3n) is 1.27. The van der Waals surface area contributed by atoms with Gasteiger partial charge >= 0.3 is 18.1 Å². The maximum absolute atomic E-state index is 11.9. The van der Waals surface area contributed by atoms with Gasteiger partial charge in [0.1, 0.15) is 12.2 Å². The van der Waals surface area contributed by atoms with Crippen LogP contribution in [0.1, 0.15) is 0 Å². The molecule has 0 spiro atoms. The van der Waals surface area contributed by atoms with Gasteiger partial charge in [-0.25, -0.2) is 9.59 Å². The van der Waals surface area contributed by atoms with Crippen LogP contribution < -0.4 is 0 Å². The van der Waals surface area contributed by atoms with Gasteiger partial charge in [0.2, 0.25) is 0 Å². The molecule has 0 aromatic heterocycles. The second-order valence-electron chi connectivity index (χ2n) is 2.30. The molecule has 0 aliphatic carbocycles. The third-order valence-corrected chi connectivity index (χ3v) is 1.27. The molecule has 0 amide bonds. The van der Waals surface area contributed by atoms with Crippen molar-refractivity contribution in [2.75, 3.05) is 13.7 Å². The van der Waals surface area contributed by atoms with E-state index >= 15 is 0 Å². The van der Waals surface area contributed by atoms with Crippen molar-refractivity contribution in [3.05, 3.63) is 11.7 Å². The number of hydrogen-bond donors (Lipinski definition) is 0. The fourth-order valence-corrected chi connectivity index (χ4v) is 0.524. The molecule has 0 aliphatic heterocycles. The molecule has 0 rings (SSSR count). The Morgan fingerprint density at radius 1 is 1.12 bits per heavy atom. The van der Waals surface area contributed by atoms with Crippen molar-refractivity contribution in [2.45, 2.75) is 6.18 Å². The molecule has 0 atom stereocenters. The van der Waals surface area contributed by atoms with Gasteiger partial charge in [-0.3, -0.25) is 0 Å². The predicted molar refractivity (Wildman–Crippen MR) is 38.3 cm³/mol. The molecule has 92 valence electrons. The van der Waals surface area contributed by atoms with E-state index in [9.17, 15) is 31.5 Å². The monoisotopic (exact) mass is 248 g/mol. The highest BCUT2D eigenvalue weighted by molar-refractivity contribution is 6.29. The number of ether oxygens (including phenoxy) is 2. The van der Waals surface area contributed by atoms with Crippen LogP contribution in [-0.2, 0) is 19.1 Å². The van der Waals surface area contributed by atoms with Gasteiger partial charge in [0, 0.05) is 0 Å². The first-order valence-corrected chi connectivity index (χ1v) is 3.56. The van der Waals surface area contributed by atoms with Crippen molar-refractivity contribution in [2.24, 2.45) is 0 Å². The van der Waals surface area contributed by atoms with Crippen LogP contribution >= 0.6 is 0 Å². The quantitative estimate of drug-likeness (QED) is 0.421. The maximum atomic E-state index is 11.9. The summed E-state index contributed by atoms with van der Waals surface area (Å²) in [6, 6.07) is 0. The van der Waals surface area contributed by atoms with Gasteiger partial charge in [0.05, 0.1) is 7.11 Å². The van der Waals surface area contributed by atoms with Crippen molar-refractivity contribution >= 4 is 11.9 Å². The summed E-state index contributed by atoms with van der Waals surface area (Å²) in [6.07, 6.45) is -8.37. The predicted octanol–water partition coefficient (Wildman–Crippen LogP) is 1.42. The molecule has 0 saturated heterocycles. The van der Waals surface area contributed by atoms with Gasteiger partial charge in [-0.1, -0.05) is 0 Å². The molecular weight excluding hydrogens is 243 g/mol. The Morgan fingerprint density at radius 3 is 1.94 bits per heavy atom. The number of esters is 2. The fraction of sp³-hybridized carbons (Fsp3) is 0.429. The highest BCUT2D eigenvalue weighted by atomic mass is 19.4. The zero-order chi connectivity index (χ0) is 12.9. The summed E-state index contributed by atoms with van der Waals surface area (Å²) in [5, 5.41) is 0. The minimum atomic E-state index is -5.34. The SMILES string of the molecule is COC(=O)C(=O)OCC(=C(F)F)C(F)(F)F. The topological polar surface area (TPSA) is 52.6 Å². The van der Waals surface area contributed by atoms with Crippen molar-refractivity contribution in [3.8, 4) is 0 Å². The minimum absolute atomic E-state index is 0.778. The van der Waals surface area contributed by atoms with Gasteiger partial charge in [0.15, 0.2) is 0 Å². The molecule has 0 saturated carbocycles. The molecule has 0 aromatic carbocycles. The summed E-state index contributed by atoms with van der Waals surface area (Å²) < 4.78 is 66.6. The Morgan fingerprint density at radius 2 is 1.62 bits per heavy atom. The molecule has 16 heavy (non-hydrogen) atoms. The molecule has 0 aliphatic rings. The first kappa shape index (κ1) is 14.3. The first-order valence-electron chi connectivity index (χ1n) is 3.56. The Hall–Kier alpha value is -1.67. The highest BCUT2D eigenvalue weighted by Gasteiger charge is 2.39. The van der Waals surface area contributed by atoms with Crippen molar-refractivity contribution < 1.29 is 41.0 Å². The lowest BCUT2D eigenvalue weighted by atomic mass is 10.3. The van der Waals surface area contributed by atoms with E-state index in [1.165, 1.54) is 0 Å². The molecular formula is C7H5F5O4. The number of halogens is 5. The number of rotatable bonds is 2. The first-order chi connectivity index (χ1) is 7.20. The van der Waals surface area contributed by atoms with Crippen LogP contribution in [0.4, 0.5) is 22.0 Å². The molecule has 0 heterocycles. The number of hydrogen-bond acceptors (Lipinski definition) is 4. The van der Waals surface area contributed by atoms with Gasteiger partial charge < -0.3 is 9.47 Å².